The maximum atomic E-state index is 11.7. The van der Waals surface area contributed by atoms with Crippen LogP contribution in [0.5, 0.6) is 11.5 Å². The van der Waals surface area contributed by atoms with Crippen LogP contribution in [0.2, 0.25) is 0 Å². The Bertz CT molecular complexity index is 406. The molecule has 0 saturated heterocycles. The van der Waals surface area contributed by atoms with Gasteiger partial charge in [0.25, 0.3) is 0 Å². The van der Waals surface area contributed by atoms with Crippen molar-refractivity contribution in [2.75, 3.05) is 19.1 Å². The van der Waals surface area contributed by atoms with Crippen LogP contribution >= 0.6 is 23.2 Å². The Hall–Kier alpha value is -0.930. The summed E-state index contributed by atoms with van der Waals surface area (Å²) in [6.45, 7) is 1.02. The summed E-state index contributed by atoms with van der Waals surface area (Å²) in [5, 5.41) is -0.704. The number of hydrogen-bond acceptors (Lipinski definition) is 3. The summed E-state index contributed by atoms with van der Waals surface area (Å²) in [5.74, 6) is 1.12. The number of ether oxygens (including phenoxy) is 2. The monoisotopic (exact) mass is 260 g/mol. The zero-order chi connectivity index (χ0) is 11.5. The molecule has 0 amide bonds. The SMILES string of the molecule is O=C(c1ccc2c(c1)OCCO2)C(Cl)CCl. The second kappa shape index (κ2) is 4.93. The van der Waals surface area contributed by atoms with Gasteiger partial charge in [0.15, 0.2) is 17.3 Å². The molecule has 0 radical (unpaired) electrons. The van der Waals surface area contributed by atoms with E-state index in [4.69, 9.17) is 32.7 Å². The maximum absolute atomic E-state index is 11.7. The third-order valence-corrected chi connectivity index (χ3v) is 3.07. The first-order valence-corrected chi connectivity index (χ1v) is 5.83. The van der Waals surface area contributed by atoms with Gasteiger partial charge in [-0.1, -0.05) is 0 Å². The lowest BCUT2D eigenvalue weighted by Crippen LogP contribution is -2.18. The number of alkyl halides is 2. The van der Waals surface area contributed by atoms with Crippen molar-refractivity contribution in [2.45, 2.75) is 5.38 Å². The van der Waals surface area contributed by atoms with Gasteiger partial charge in [-0.3, -0.25) is 4.79 Å². The molecule has 0 fully saturated rings. The highest BCUT2D eigenvalue weighted by molar-refractivity contribution is 6.38. The zero-order valence-electron chi connectivity index (χ0n) is 8.41. The molecule has 0 saturated carbocycles. The zero-order valence-corrected chi connectivity index (χ0v) is 9.92. The molecule has 16 heavy (non-hydrogen) atoms. The number of rotatable bonds is 3. The molecule has 86 valence electrons. The van der Waals surface area contributed by atoms with E-state index in [1.807, 2.05) is 0 Å². The Labute approximate surface area is 103 Å². The summed E-state index contributed by atoms with van der Waals surface area (Å²) in [4.78, 5) is 11.7. The van der Waals surface area contributed by atoms with Crippen LogP contribution in [0.15, 0.2) is 18.2 Å². The molecule has 1 atom stereocenters. The molecule has 1 heterocycles. The van der Waals surface area contributed by atoms with Crippen LogP contribution in [0.4, 0.5) is 0 Å². The summed E-state index contributed by atoms with van der Waals surface area (Å²) >= 11 is 11.3. The van der Waals surface area contributed by atoms with Crippen molar-refractivity contribution < 1.29 is 14.3 Å². The molecule has 1 aromatic rings. The molecule has 5 heteroatoms. The van der Waals surface area contributed by atoms with Crippen LogP contribution in [0.1, 0.15) is 10.4 Å². The van der Waals surface area contributed by atoms with Gasteiger partial charge >= 0.3 is 0 Å². The van der Waals surface area contributed by atoms with Crippen LogP contribution in [0.3, 0.4) is 0 Å². The van der Waals surface area contributed by atoms with Crippen molar-refractivity contribution in [3.05, 3.63) is 23.8 Å². The Morgan fingerprint density at radius 1 is 1.31 bits per heavy atom. The minimum Gasteiger partial charge on any atom is -0.486 e. The molecule has 0 spiro atoms. The topological polar surface area (TPSA) is 35.5 Å². The molecule has 1 aliphatic rings. The van der Waals surface area contributed by atoms with Gasteiger partial charge < -0.3 is 9.47 Å². The van der Waals surface area contributed by atoms with Crippen LogP contribution in [-0.2, 0) is 0 Å². The molecule has 1 aliphatic heterocycles. The van der Waals surface area contributed by atoms with Gasteiger partial charge in [-0.2, -0.15) is 0 Å². The predicted octanol–water partition coefficient (Wildman–Crippen LogP) is 2.49. The summed E-state index contributed by atoms with van der Waals surface area (Å²) in [6, 6.07) is 5.01. The lowest BCUT2D eigenvalue weighted by molar-refractivity contribution is 0.0991. The Balaban J connectivity index is 2.26. The number of carbonyl (C=O) groups excluding carboxylic acids is 1. The highest BCUT2D eigenvalue weighted by atomic mass is 35.5. The van der Waals surface area contributed by atoms with Gasteiger partial charge in [0, 0.05) is 11.4 Å². The normalized spacial score (nSPS) is 15.6. The van der Waals surface area contributed by atoms with E-state index < -0.39 is 5.38 Å². The molecule has 2 rings (SSSR count). The van der Waals surface area contributed by atoms with E-state index in [1.165, 1.54) is 0 Å². The molecule has 0 aliphatic carbocycles. The van der Waals surface area contributed by atoms with Crippen LogP contribution in [0, 0.1) is 0 Å². The molecule has 1 unspecified atom stereocenters. The average Bonchev–Trinajstić information content (AvgIpc) is 2.36. The summed E-state index contributed by atoms with van der Waals surface area (Å²) in [5.41, 5.74) is 0.491. The molecular weight excluding hydrogens is 251 g/mol. The van der Waals surface area contributed by atoms with Crippen LogP contribution < -0.4 is 9.47 Å². The van der Waals surface area contributed by atoms with Gasteiger partial charge in [-0.15, -0.1) is 23.2 Å². The molecule has 0 bridgehead atoms. The molecule has 3 nitrogen and oxygen atoms in total. The number of carbonyl (C=O) groups is 1. The minimum absolute atomic E-state index is 0.0921. The summed E-state index contributed by atoms with van der Waals surface area (Å²) in [6.07, 6.45) is 0. The van der Waals surface area contributed by atoms with Crippen molar-refractivity contribution in [1.29, 1.82) is 0 Å². The van der Waals surface area contributed by atoms with Crippen molar-refractivity contribution in [1.82, 2.24) is 0 Å². The van der Waals surface area contributed by atoms with Gasteiger partial charge in [0.05, 0.1) is 0 Å². The lowest BCUT2D eigenvalue weighted by Gasteiger charge is -2.18. The van der Waals surface area contributed by atoms with E-state index in [1.54, 1.807) is 18.2 Å². The average molecular weight is 261 g/mol. The van der Waals surface area contributed by atoms with Crippen LogP contribution in [0.25, 0.3) is 0 Å². The molecule has 0 N–H and O–H groups in total. The second-order valence-electron chi connectivity index (χ2n) is 3.34. The fraction of sp³-hybridized carbons (Fsp3) is 0.364. The van der Waals surface area contributed by atoms with E-state index >= 15 is 0 Å². The van der Waals surface area contributed by atoms with E-state index in [2.05, 4.69) is 0 Å². The Morgan fingerprint density at radius 2 is 2.00 bits per heavy atom. The third-order valence-electron chi connectivity index (χ3n) is 2.25. The highest BCUT2D eigenvalue weighted by Crippen LogP contribution is 2.31. The van der Waals surface area contributed by atoms with Gasteiger partial charge in [-0.05, 0) is 18.2 Å². The Kier molecular flexibility index (Phi) is 3.56. The highest BCUT2D eigenvalue weighted by Gasteiger charge is 2.19. The minimum atomic E-state index is -0.704. The number of Topliss-reactive ketones (excluding diaryl/α,β-unsaturated/α-hetero) is 1. The van der Waals surface area contributed by atoms with E-state index in [-0.39, 0.29) is 11.7 Å². The number of ketones is 1. The molecular formula is C11H10Cl2O3. The first-order valence-electron chi connectivity index (χ1n) is 4.86. The van der Waals surface area contributed by atoms with Crippen LogP contribution in [-0.4, -0.2) is 30.3 Å². The van der Waals surface area contributed by atoms with E-state index in [0.29, 0.717) is 30.3 Å². The predicted molar refractivity (Wildman–Crippen MR) is 62.1 cm³/mol. The standard InChI is InChI=1S/C11H10Cl2O3/c12-6-8(13)11(14)7-1-2-9-10(5-7)16-4-3-15-9/h1-2,5,8H,3-4,6H2. The smallest absolute Gasteiger partial charge is 0.182 e. The Morgan fingerprint density at radius 3 is 2.69 bits per heavy atom. The number of fused-ring (bicyclic) bond motifs is 1. The first kappa shape index (κ1) is 11.6. The van der Waals surface area contributed by atoms with Crippen molar-refractivity contribution >= 4 is 29.0 Å². The van der Waals surface area contributed by atoms with Gasteiger partial charge in [-0.25, -0.2) is 0 Å². The van der Waals surface area contributed by atoms with E-state index in [0.717, 1.165) is 0 Å². The van der Waals surface area contributed by atoms with Crippen molar-refractivity contribution in [3.8, 4) is 11.5 Å². The summed E-state index contributed by atoms with van der Waals surface area (Å²) in [7, 11) is 0. The third kappa shape index (κ3) is 2.25. The lowest BCUT2D eigenvalue weighted by atomic mass is 10.1. The number of hydrogen-bond donors (Lipinski definition) is 0. The molecule has 1 aromatic carbocycles. The van der Waals surface area contributed by atoms with Crippen molar-refractivity contribution in [3.63, 3.8) is 0 Å². The largest absolute Gasteiger partial charge is 0.486 e. The molecule has 0 aromatic heterocycles. The van der Waals surface area contributed by atoms with Gasteiger partial charge in [0.1, 0.15) is 18.6 Å². The number of benzene rings is 1. The second-order valence-corrected chi connectivity index (χ2v) is 4.18. The van der Waals surface area contributed by atoms with Gasteiger partial charge in [0.2, 0.25) is 0 Å². The number of halogens is 2. The maximum Gasteiger partial charge on any atom is 0.182 e. The van der Waals surface area contributed by atoms with Crippen molar-refractivity contribution in [2.24, 2.45) is 0 Å². The summed E-state index contributed by atoms with van der Waals surface area (Å²) < 4.78 is 10.7. The first-order chi connectivity index (χ1) is 7.72. The fourth-order valence-corrected chi connectivity index (χ4v) is 1.71. The van der Waals surface area contributed by atoms with E-state index in [9.17, 15) is 4.79 Å². The fourth-order valence-electron chi connectivity index (χ4n) is 1.45. The quantitative estimate of drug-likeness (QED) is 0.619.